The first-order valence-corrected chi connectivity index (χ1v) is 11.6. The molecule has 4 rings (SSSR count). The monoisotopic (exact) mass is 468 g/mol. The first-order chi connectivity index (χ1) is 16.0. The zero-order chi connectivity index (χ0) is 23.4. The first kappa shape index (κ1) is 23.0. The highest BCUT2D eigenvalue weighted by Gasteiger charge is 2.34. The van der Waals surface area contributed by atoms with Crippen molar-refractivity contribution in [3.63, 3.8) is 0 Å². The van der Waals surface area contributed by atoms with Crippen LogP contribution in [0.15, 0.2) is 48.5 Å². The molecule has 1 heterocycles. The van der Waals surface area contributed by atoms with Gasteiger partial charge in [-0.15, -0.1) is 0 Å². The van der Waals surface area contributed by atoms with Gasteiger partial charge in [0.1, 0.15) is 11.5 Å². The third-order valence-electron chi connectivity index (χ3n) is 5.57. The van der Waals surface area contributed by atoms with Crippen LogP contribution in [0.4, 0.5) is 4.79 Å². The lowest BCUT2D eigenvalue weighted by atomic mass is 10.2. The number of aryl methyl sites for hydroxylation is 1. The van der Waals surface area contributed by atoms with Crippen LogP contribution in [0, 0.1) is 6.92 Å². The number of aromatic nitrogens is 2. The molecule has 33 heavy (non-hydrogen) atoms. The highest BCUT2D eigenvalue weighted by atomic mass is 35.5. The van der Waals surface area contributed by atoms with Gasteiger partial charge in [0.05, 0.1) is 30.6 Å². The van der Waals surface area contributed by atoms with Crippen molar-refractivity contribution < 1.29 is 14.3 Å². The summed E-state index contributed by atoms with van der Waals surface area (Å²) in [5.74, 6) is 1.96. The molecular weight excluding hydrogens is 440 g/mol. The van der Waals surface area contributed by atoms with Gasteiger partial charge in [-0.3, -0.25) is 0 Å². The zero-order valence-corrected chi connectivity index (χ0v) is 19.9. The van der Waals surface area contributed by atoms with Gasteiger partial charge < -0.3 is 19.7 Å². The molecule has 1 aromatic heterocycles. The number of ether oxygens (including phenoxy) is 2. The highest BCUT2D eigenvalue weighted by molar-refractivity contribution is 6.30. The number of carbonyl (C=O) groups is 1. The van der Waals surface area contributed by atoms with Crippen molar-refractivity contribution in [3.05, 3.63) is 64.8 Å². The van der Waals surface area contributed by atoms with Gasteiger partial charge in [0.15, 0.2) is 0 Å². The van der Waals surface area contributed by atoms with E-state index in [2.05, 4.69) is 5.32 Å². The van der Waals surface area contributed by atoms with Gasteiger partial charge in [-0.25, -0.2) is 9.48 Å². The summed E-state index contributed by atoms with van der Waals surface area (Å²) in [6.45, 7) is 5.05. The summed E-state index contributed by atoms with van der Waals surface area (Å²) in [5.41, 5.74) is 2.45. The van der Waals surface area contributed by atoms with Crippen LogP contribution in [0.5, 0.6) is 17.4 Å². The van der Waals surface area contributed by atoms with E-state index in [1.54, 1.807) is 11.8 Å². The Morgan fingerprint density at radius 3 is 2.58 bits per heavy atom. The molecule has 1 aliphatic carbocycles. The van der Waals surface area contributed by atoms with Crippen molar-refractivity contribution in [3.8, 4) is 23.1 Å². The lowest BCUT2D eigenvalue weighted by molar-refractivity contribution is 0.191. The fourth-order valence-corrected chi connectivity index (χ4v) is 3.80. The molecule has 0 spiro atoms. The Morgan fingerprint density at radius 2 is 1.94 bits per heavy atom. The minimum absolute atomic E-state index is 0.0512. The van der Waals surface area contributed by atoms with E-state index in [-0.39, 0.29) is 12.1 Å². The van der Waals surface area contributed by atoms with E-state index in [1.165, 1.54) is 0 Å². The Morgan fingerprint density at radius 1 is 1.21 bits per heavy atom. The van der Waals surface area contributed by atoms with Gasteiger partial charge in [-0.1, -0.05) is 24.6 Å². The number of benzene rings is 2. The molecule has 3 aromatic rings. The topological polar surface area (TPSA) is 68.6 Å². The summed E-state index contributed by atoms with van der Waals surface area (Å²) < 4.78 is 13.4. The molecule has 1 saturated carbocycles. The number of amides is 2. The van der Waals surface area contributed by atoms with Gasteiger partial charge in [0.2, 0.25) is 5.88 Å². The third-order valence-corrected chi connectivity index (χ3v) is 5.80. The molecule has 174 valence electrons. The lowest BCUT2D eigenvalue weighted by Gasteiger charge is -2.23. The number of urea groups is 1. The molecular formula is C25H29ClN4O3. The summed E-state index contributed by atoms with van der Waals surface area (Å²) >= 11 is 6.25. The van der Waals surface area contributed by atoms with Crippen LogP contribution >= 0.6 is 11.6 Å². The molecule has 0 saturated heterocycles. The first-order valence-electron chi connectivity index (χ1n) is 11.2. The van der Waals surface area contributed by atoms with Crippen LogP contribution in [-0.2, 0) is 6.54 Å². The predicted molar refractivity (Wildman–Crippen MR) is 129 cm³/mol. The van der Waals surface area contributed by atoms with Gasteiger partial charge >= 0.3 is 6.03 Å². The molecule has 0 unspecified atom stereocenters. The molecule has 2 amide bonds. The van der Waals surface area contributed by atoms with Crippen LogP contribution in [0.1, 0.15) is 37.4 Å². The normalized spacial score (nSPS) is 13.0. The predicted octanol–water partition coefficient (Wildman–Crippen LogP) is 5.72. The standard InChI is InChI=1S/C25H29ClN4O3/c1-4-14-27-25(31)29(19-8-9-19)16-23-17(2)28-30(20-7-5-6-18(26)15-20)24(23)33-22-12-10-21(32-3)11-13-22/h5-7,10-13,15,19H,4,8-9,14,16H2,1-3H3,(H,27,31). The Labute approximate surface area is 199 Å². The minimum Gasteiger partial charge on any atom is -0.497 e. The summed E-state index contributed by atoms with van der Waals surface area (Å²) in [7, 11) is 1.63. The third kappa shape index (κ3) is 5.42. The zero-order valence-electron chi connectivity index (χ0n) is 19.2. The smallest absolute Gasteiger partial charge is 0.317 e. The van der Waals surface area contributed by atoms with Crippen molar-refractivity contribution in [2.24, 2.45) is 0 Å². The Hall–Kier alpha value is -3.19. The molecule has 0 atom stereocenters. The van der Waals surface area contributed by atoms with E-state index in [4.69, 9.17) is 26.2 Å². The van der Waals surface area contributed by atoms with E-state index in [0.717, 1.165) is 42.0 Å². The van der Waals surface area contributed by atoms with E-state index in [9.17, 15) is 4.79 Å². The summed E-state index contributed by atoms with van der Waals surface area (Å²) in [6, 6.07) is 15.0. The number of nitrogens with zero attached hydrogens (tertiary/aromatic N) is 3. The van der Waals surface area contributed by atoms with E-state index < -0.39 is 0 Å². The molecule has 1 N–H and O–H groups in total. The van der Waals surface area contributed by atoms with Crippen LogP contribution in [0.3, 0.4) is 0 Å². The molecule has 1 aliphatic rings. The summed E-state index contributed by atoms with van der Waals surface area (Å²) in [6.07, 6.45) is 2.91. The Kier molecular flexibility index (Phi) is 7.08. The second kappa shape index (κ2) is 10.2. The molecule has 1 fully saturated rings. The molecule has 2 aromatic carbocycles. The number of halogens is 1. The van der Waals surface area contributed by atoms with Crippen molar-refractivity contribution in [1.82, 2.24) is 20.0 Å². The second-order valence-corrected chi connectivity index (χ2v) is 8.57. The van der Waals surface area contributed by atoms with Crippen molar-refractivity contribution in [2.45, 2.75) is 45.7 Å². The van der Waals surface area contributed by atoms with E-state index >= 15 is 0 Å². The number of hydrogen-bond acceptors (Lipinski definition) is 4. The minimum atomic E-state index is -0.0512. The molecule has 7 nitrogen and oxygen atoms in total. The van der Waals surface area contributed by atoms with Crippen molar-refractivity contribution in [1.29, 1.82) is 0 Å². The molecule has 8 heteroatoms. The average Bonchev–Trinajstić information content (AvgIpc) is 3.61. The highest BCUT2D eigenvalue weighted by Crippen LogP contribution is 2.35. The van der Waals surface area contributed by atoms with Crippen LogP contribution in [-0.4, -0.2) is 40.4 Å². The maximum absolute atomic E-state index is 12.9. The van der Waals surface area contributed by atoms with Crippen molar-refractivity contribution in [2.75, 3.05) is 13.7 Å². The fourth-order valence-electron chi connectivity index (χ4n) is 3.62. The maximum Gasteiger partial charge on any atom is 0.317 e. The van der Waals surface area contributed by atoms with Crippen LogP contribution in [0.2, 0.25) is 5.02 Å². The van der Waals surface area contributed by atoms with Gasteiger partial charge in [-0.05, 0) is 68.7 Å². The Bertz CT molecular complexity index is 1110. The van der Waals surface area contributed by atoms with Crippen LogP contribution < -0.4 is 14.8 Å². The van der Waals surface area contributed by atoms with Gasteiger partial charge in [0.25, 0.3) is 0 Å². The summed E-state index contributed by atoms with van der Waals surface area (Å²) in [5, 5.41) is 8.37. The van der Waals surface area contributed by atoms with Gasteiger partial charge in [-0.2, -0.15) is 5.10 Å². The SMILES string of the molecule is CCCNC(=O)N(Cc1c(C)nn(-c2cccc(Cl)c2)c1Oc1ccc(OC)cc1)C1CC1. The van der Waals surface area contributed by atoms with Crippen molar-refractivity contribution >= 4 is 17.6 Å². The van der Waals surface area contributed by atoms with E-state index in [1.807, 2.05) is 67.3 Å². The number of rotatable bonds is 9. The molecule has 0 radical (unpaired) electrons. The Balaban J connectivity index is 1.72. The van der Waals surface area contributed by atoms with Gasteiger partial charge in [0, 0.05) is 17.6 Å². The lowest BCUT2D eigenvalue weighted by Crippen LogP contribution is -2.41. The van der Waals surface area contributed by atoms with Crippen LogP contribution in [0.25, 0.3) is 5.69 Å². The maximum atomic E-state index is 12.9. The molecule has 0 bridgehead atoms. The second-order valence-electron chi connectivity index (χ2n) is 8.13. The average molecular weight is 469 g/mol. The summed E-state index contributed by atoms with van der Waals surface area (Å²) in [4.78, 5) is 14.8. The quantitative estimate of drug-likeness (QED) is 0.436. The number of carbonyl (C=O) groups excluding carboxylic acids is 1. The molecule has 0 aliphatic heterocycles. The number of hydrogen-bond donors (Lipinski definition) is 1. The number of methoxy groups -OCH3 is 1. The van der Waals surface area contributed by atoms with E-state index in [0.29, 0.717) is 29.7 Å². The number of nitrogens with one attached hydrogen (secondary N) is 1. The fraction of sp³-hybridized carbons (Fsp3) is 0.360. The largest absolute Gasteiger partial charge is 0.497 e.